The number of phosphoric ester groups is 2. The fraction of sp³-hybridized carbons (Fsp3) is 0.455. The lowest BCUT2D eigenvalue weighted by Gasteiger charge is -2.30. The molecule has 0 aromatic heterocycles. The van der Waals surface area contributed by atoms with Gasteiger partial charge in [0, 0.05) is 25.7 Å². The van der Waals surface area contributed by atoms with Crippen molar-refractivity contribution in [3.8, 4) is 23.0 Å². The molecule has 1 atom stereocenters. The molecule has 9 nitrogen and oxygen atoms in total. The van der Waals surface area contributed by atoms with Gasteiger partial charge < -0.3 is 18.7 Å². The summed E-state index contributed by atoms with van der Waals surface area (Å²) in [5.41, 5.74) is 6.99. The van der Waals surface area contributed by atoms with E-state index < -0.39 is 21.1 Å². The van der Waals surface area contributed by atoms with Crippen LogP contribution in [0.15, 0.2) is 48.5 Å². The highest BCUT2D eigenvalue weighted by molar-refractivity contribution is 7.48. The molecule has 2 heterocycles. The van der Waals surface area contributed by atoms with Gasteiger partial charge in [0.1, 0.15) is 23.0 Å². The Morgan fingerprint density at radius 1 is 0.527 bits per heavy atom. The van der Waals surface area contributed by atoms with Crippen molar-refractivity contribution in [2.45, 2.75) is 130 Å². The average Bonchev–Trinajstić information content (AvgIpc) is 2.99. The van der Waals surface area contributed by atoms with Gasteiger partial charge in [-0.1, -0.05) is 132 Å². The molecule has 0 saturated carbocycles. The molecule has 11 heteroatoms. The Balaban J connectivity index is 1.81. The lowest BCUT2D eigenvalue weighted by molar-refractivity contribution is 0.281. The van der Waals surface area contributed by atoms with Crippen molar-refractivity contribution in [2.24, 2.45) is 0 Å². The van der Waals surface area contributed by atoms with E-state index in [1.807, 2.05) is 48.5 Å². The normalized spacial score (nSPS) is 17.7. The Morgan fingerprint density at radius 2 is 0.782 bits per heavy atom. The van der Waals surface area contributed by atoms with Crippen LogP contribution in [0.1, 0.15) is 150 Å². The van der Waals surface area contributed by atoms with E-state index in [0.29, 0.717) is 50.9 Å². The molecule has 0 spiro atoms. The summed E-state index contributed by atoms with van der Waals surface area (Å²) >= 11 is 0. The van der Waals surface area contributed by atoms with Crippen LogP contribution in [0.25, 0.3) is 0 Å². The number of fused-ring (bicyclic) bond motifs is 2. The van der Waals surface area contributed by atoms with Gasteiger partial charge in [0.25, 0.3) is 0 Å². The zero-order valence-electron chi connectivity index (χ0n) is 34.2. The first-order chi connectivity index (χ1) is 25.0. The van der Waals surface area contributed by atoms with E-state index in [0.717, 1.165) is 22.3 Å². The number of phosphoric acid groups is 2. The van der Waals surface area contributed by atoms with Gasteiger partial charge in [0.2, 0.25) is 0 Å². The zero-order valence-corrected chi connectivity index (χ0v) is 36.0. The van der Waals surface area contributed by atoms with Gasteiger partial charge in [-0.05, 0) is 88.4 Å². The van der Waals surface area contributed by atoms with Crippen LogP contribution in [-0.4, -0.2) is 19.8 Å². The van der Waals surface area contributed by atoms with E-state index in [1.54, 1.807) is 0 Å². The Bertz CT molecular complexity index is 2270. The van der Waals surface area contributed by atoms with Gasteiger partial charge in [0.05, 0.1) is 0 Å². The standard InChI is InChI=1S/C44H56O9P2/c1-41(2,3)33-17-25-13-27-19-34(42(4,5)6)21-29(38(27)51-54(46,47)48)15-30-22-36(44(10,11)12)24-32-16-31-23-35(43(7,8)9)20-28(14-26(18-33)37(25)45)39(31)52-55(49,50)53-40(30)32/h17-24,45H,13-16H2,1-12H3,(H,49,50)(H2,46,47,48). The summed E-state index contributed by atoms with van der Waals surface area (Å²) in [5.74, 6) is 0.430. The molecule has 3 aliphatic rings. The van der Waals surface area contributed by atoms with Gasteiger partial charge in [0.15, 0.2) is 0 Å². The quantitative estimate of drug-likeness (QED) is 0.129. The summed E-state index contributed by atoms with van der Waals surface area (Å²) in [4.78, 5) is 32.2. The molecule has 1 unspecified atom stereocenters. The molecule has 0 radical (unpaired) electrons. The second kappa shape index (κ2) is 13.5. The third-order valence-corrected chi connectivity index (χ3v) is 11.9. The van der Waals surface area contributed by atoms with E-state index in [2.05, 4.69) is 83.1 Å². The molecule has 1 aliphatic carbocycles. The predicted octanol–water partition coefficient (Wildman–Crippen LogP) is 10.6. The highest BCUT2D eigenvalue weighted by Gasteiger charge is 2.36. The summed E-state index contributed by atoms with van der Waals surface area (Å²) < 4.78 is 44.7. The molecule has 4 N–H and O–H groups in total. The first kappa shape index (κ1) is 41.1. The largest absolute Gasteiger partial charge is 0.584 e. The number of aromatic hydroxyl groups is 1. The minimum atomic E-state index is -5.11. The van der Waals surface area contributed by atoms with Crippen molar-refractivity contribution in [1.29, 1.82) is 0 Å². The van der Waals surface area contributed by atoms with Crippen molar-refractivity contribution >= 4 is 15.6 Å². The molecular formula is C44H56O9P2. The van der Waals surface area contributed by atoms with Crippen LogP contribution in [0.2, 0.25) is 0 Å². The number of hydrogen-bond acceptors (Lipinski definition) is 6. The van der Waals surface area contributed by atoms with E-state index in [4.69, 9.17) is 13.6 Å². The molecule has 10 bridgehead atoms. The fourth-order valence-corrected chi connectivity index (χ4v) is 8.79. The summed E-state index contributed by atoms with van der Waals surface area (Å²) in [7, 11) is -9.95. The van der Waals surface area contributed by atoms with E-state index in [9.17, 15) is 28.9 Å². The number of benzene rings is 4. The first-order valence-electron chi connectivity index (χ1n) is 18.8. The number of phenolic OH excluding ortho intramolecular Hbond substituents is 1. The van der Waals surface area contributed by atoms with Crippen molar-refractivity contribution in [1.82, 2.24) is 0 Å². The third-order valence-electron chi connectivity index (χ3n) is 10.6. The van der Waals surface area contributed by atoms with Crippen molar-refractivity contribution in [3.63, 3.8) is 0 Å². The SMILES string of the molecule is CC(C)(C)c1cc2c(O)c(c1)Cc1cc(C(C)(C)C)cc3c1OP(=O)(O)Oc1c(cc(C(C)(C)C)cc1C3)Cc1cc(C(C)(C)C)cc(c1OP(=O)(O)O)C2. The molecule has 55 heavy (non-hydrogen) atoms. The van der Waals surface area contributed by atoms with Crippen LogP contribution >= 0.6 is 15.6 Å². The fourth-order valence-electron chi connectivity index (χ4n) is 7.35. The maximum absolute atomic E-state index is 14.2. The van der Waals surface area contributed by atoms with Crippen molar-refractivity contribution in [3.05, 3.63) is 115 Å². The molecule has 4 aromatic rings. The van der Waals surface area contributed by atoms with E-state index in [1.165, 1.54) is 0 Å². The number of rotatable bonds is 2. The van der Waals surface area contributed by atoms with Gasteiger partial charge >= 0.3 is 15.6 Å². The van der Waals surface area contributed by atoms with Gasteiger partial charge in [-0.25, -0.2) is 9.13 Å². The van der Waals surface area contributed by atoms with Crippen LogP contribution in [0.5, 0.6) is 23.0 Å². The molecule has 0 fully saturated rings. The Labute approximate surface area is 326 Å². The molecule has 7 rings (SSSR count). The van der Waals surface area contributed by atoms with Gasteiger partial charge in [-0.3, -0.25) is 14.7 Å². The van der Waals surface area contributed by atoms with Crippen molar-refractivity contribution < 1.29 is 42.5 Å². The monoisotopic (exact) mass is 790 g/mol. The summed E-state index contributed by atoms with van der Waals surface area (Å²) in [6.45, 7) is 25.0. The second-order valence-corrected chi connectivity index (χ2v) is 21.9. The third kappa shape index (κ3) is 8.87. The van der Waals surface area contributed by atoms with Crippen LogP contribution in [0.3, 0.4) is 0 Å². The van der Waals surface area contributed by atoms with E-state index >= 15 is 0 Å². The summed E-state index contributed by atoms with van der Waals surface area (Å²) in [5, 5.41) is 12.2. The van der Waals surface area contributed by atoms with Crippen LogP contribution < -0.4 is 13.6 Å². The average molecular weight is 791 g/mol. The Morgan fingerprint density at radius 3 is 1.09 bits per heavy atom. The maximum Gasteiger partial charge on any atom is 0.584 e. The van der Waals surface area contributed by atoms with Crippen molar-refractivity contribution in [2.75, 3.05) is 0 Å². The highest BCUT2D eigenvalue weighted by atomic mass is 31.2. The Hall–Kier alpha value is -3.58. The summed E-state index contributed by atoms with van der Waals surface area (Å²) in [6, 6.07) is 15.6. The lowest BCUT2D eigenvalue weighted by atomic mass is 9.79. The van der Waals surface area contributed by atoms with Gasteiger partial charge in [-0.15, -0.1) is 0 Å². The topological polar surface area (TPSA) is 143 Å². The lowest BCUT2D eigenvalue weighted by Crippen LogP contribution is -2.18. The van der Waals surface area contributed by atoms with Gasteiger partial charge in [-0.2, -0.15) is 0 Å². The molecule has 0 saturated heterocycles. The Kier molecular flexibility index (Phi) is 10.1. The molecule has 2 aliphatic heterocycles. The molecule has 0 amide bonds. The van der Waals surface area contributed by atoms with E-state index in [-0.39, 0.29) is 58.5 Å². The zero-order chi connectivity index (χ0) is 40.8. The van der Waals surface area contributed by atoms with Crippen LogP contribution in [-0.2, 0) is 56.5 Å². The minimum Gasteiger partial charge on any atom is -0.507 e. The molecule has 296 valence electrons. The molecular weight excluding hydrogens is 734 g/mol. The highest BCUT2D eigenvalue weighted by Crippen LogP contribution is 2.54. The number of phenols is 1. The minimum absolute atomic E-state index is 0.0106. The smallest absolute Gasteiger partial charge is 0.507 e. The number of hydrogen-bond donors (Lipinski definition) is 4. The predicted molar refractivity (Wildman–Crippen MR) is 217 cm³/mol. The van der Waals surface area contributed by atoms with Crippen LogP contribution in [0.4, 0.5) is 0 Å². The first-order valence-corrected chi connectivity index (χ1v) is 21.8. The van der Waals surface area contributed by atoms with Crippen LogP contribution in [0, 0.1) is 0 Å². The maximum atomic E-state index is 14.2. The second-order valence-electron chi connectivity index (χ2n) is 19.5. The molecule has 4 aromatic carbocycles. The summed E-state index contributed by atoms with van der Waals surface area (Å²) in [6.07, 6.45) is 0.608.